The average Bonchev–Trinajstić information content (AvgIpc) is 3.00. The second-order valence-corrected chi connectivity index (χ2v) is 9.64. The van der Waals surface area contributed by atoms with E-state index in [1.807, 2.05) is 60.7 Å². The molecular formula is C35H43N3O4. The summed E-state index contributed by atoms with van der Waals surface area (Å²) in [5.41, 5.74) is 20.1. The van der Waals surface area contributed by atoms with E-state index < -0.39 is 0 Å². The van der Waals surface area contributed by atoms with Crippen molar-refractivity contribution in [2.75, 3.05) is 46.1 Å². The molecule has 0 radical (unpaired) electrons. The number of benzene rings is 3. The zero-order chi connectivity index (χ0) is 29.8. The van der Waals surface area contributed by atoms with Gasteiger partial charge in [-0.15, -0.1) is 0 Å². The lowest BCUT2D eigenvalue weighted by atomic mass is 10.1. The van der Waals surface area contributed by atoms with Crippen molar-refractivity contribution >= 4 is 0 Å². The molecule has 0 unspecified atom stereocenters. The molecule has 0 bridgehead atoms. The molecule has 7 nitrogen and oxygen atoms in total. The molecule has 0 aliphatic carbocycles. The molecule has 0 aliphatic heterocycles. The van der Waals surface area contributed by atoms with Crippen LogP contribution < -0.4 is 36.1 Å². The third-order valence-electron chi connectivity index (χ3n) is 5.94. The molecule has 0 aromatic heterocycles. The minimum atomic E-state index is 0.533. The Morgan fingerprint density at radius 1 is 0.476 bits per heavy atom. The van der Waals surface area contributed by atoms with Crippen molar-refractivity contribution in [3.63, 3.8) is 0 Å². The molecule has 0 aliphatic rings. The number of hydrogen-bond donors (Lipinski definition) is 3. The Kier molecular flexibility index (Phi) is 14.7. The van der Waals surface area contributed by atoms with Gasteiger partial charge in [0.15, 0.2) is 0 Å². The number of ether oxygens (including phenoxy) is 4. The smallest absolute Gasteiger partial charge is 0.124 e. The van der Waals surface area contributed by atoms with Gasteiger partial charge in [-0.1, -0.05) is 43.1 Å². The van der Waals surface area contributed by atoms with Crippen LogP contribution in [0.25, 0.3) is 0 Å². The van der Waals surface area contributed by atoms with E-state index in [0.717, 1.165) is 65.9 Å². The maximum absolute atomic E-state index is 5.93. The average molecular weight is 570 g/mol. The fraction of sp³-hybridized carbons (Fsp3) is 0.371. The maximum atomic E-state index is 5.93. The number of unbranched alkanes of at least 4 members (excludes halogenated alkanes) is 1. The lowest BCUT2D eigenvalue weighted by molar-refractivity contribution is 0.296. The Labute approximate surface area is 250 Å². The van der Waals surface area contributed by atoms with E-state index in [1.54, 1.807) is 0 Å². The first-order chi connectivity index (χ1) is 20.6. The molecular weight excluding hydrogens is 526 g/mol. The zero-order valence-electron chi connectivity index (χ0n) is 24.6. The molecule has 7 heteroatoms. The predicted octanol–water partition coefficient (Wildman–Crippen LogP) is 4.85. The Bertz CT molecular complexity index is 1210. The number of nitrogens with two attached hydrogens (primary N) is 3. The van der Waals surface area contributed by atoms with Crippen LogP contribution in [-0.4, -0.2) is 46.1 Å². The summed E-state index contributed by atoms with van der Waals surface area (Å²) in [6.45, 7) is 6.12. The van der Waals surface area contributed by atoms with E-state index in [0.29, 0.717) is 57.6 Å². The minimum absolute atomic E-state index is 0.533. The van der Waals surface area contributed by atoms with E-state index in [2.05, 4.69) is 30.6 Å². The molecule has 6 N–H and O–H groups in total. The summed E-state index contributed by atoms with van der Waals surface area (Å²) < 4.78 is 23.5. The van der Waals surface area contributed by atoms with E-state index in [9.17, 15) is 0 Å². The third kappa shape index (κ3) is 12.2. The Hall–Kier alpha value is -4.14. The van der Waals surface area contributed by atoms with E-state index in [4.69, 9.17) is 36.1 Å². The van der Waals surface area contributed by atoms with Crippen molar-refractivity contribution in [1.82, 2.24) is 0 Å². The van der Waals surface area contributed by atoms with Crippen molar-refractivity contribution in [1.29, 1.82) is 0 Å². The summed E-state index contributed by atoms with van der Waals surface area (Å²) in [6.07, 6.45) is 4.37. The normalized spacial score (nSPS) is 10.2. The molecule has 0 amide bonds. The van der Waals surface area contributed by atoms with Gasteiger partial charge in [-0.3, -0.25) is 0 Å². The Morgan fingerprint density at radius 3 is 1.19 bits per heavy atom. The van der Waals surface area contributed by atoms with Gasteiger partial charge in [0.1, 0.15) is 23.0 Å². The summed E-state index contributed by atoms with van der Waals surface area (Å²) in [5.74, 6) is 15.9. The van der Waals surface area contributed by atoms with Gasteiger partial charge in [0.2, 0.25) is 0 Å². The Balaban J connectivity index is 1.80. The SMILES string of the molecule is CCCCOc1cc(C#Cc2cccc(C#Cc3cc(OCCCN)cc(OCCCN)c3)c2)cc(OCCCN)c1. The van der Waals surface area contributed by atoms with E-state index >= 15 is 0 Å². The van der Waals surface area contributed by atoms with Crippen LogP contribution in [0.2, 0.25) is 0 Å². The zero-order valence-corrected chi connectivity index (χ0v) is 24.6. The van der Waals surface area contributed by atoms with Gasteiger partial charge in [-0.2, -0.15) is 0 Å². The fourth-order valence-corrected chi connectivity index (χ4v) is 3.74. The summed E-state index contributed by atoms with van der Waals surface area (Å²) in [7, 11) is 0. The molecule has 0 fully saturated rings. The monoisotopic (exact) mass is 569 g/mol. The predicted molar refractivity (Wildman–Crippen MR) is 169 cm³/mol. The minimum Gasteiger partial charge on any atom is -0.493 e. The van der Waals surface area contributed by atoms with Crippen LogP contribution in [0.15, 0.2) is 60.7 Å². The van der Waals surface area contributed by atoms with Crippen LogP contribution in [0.5, 0.6) is 23.0 Å². The van der Waals surface area contributed by atoms with Crippen molar-refractivity contribution < 1.29 is 18.9 Å². The largest absolute Gasteiger partial charge is 0.493 e. The van der Waals surface area contributed by atoms with Crippen molar-refractivity contribution in [3.8, 4) is 46.7 Å². The van der Waals surface area contributed by atoms with E-state index in [1.165, 1.54) is 0 Å². The topological polar surface area (TPSA) is 115 Å². The molecule has 0 heterocycles. The van der Waals surface area contributed by atoms with Crippen molar-refractivity contribution in [2.45, 2.75) is 39.0 Å². The van der Waals surface area contributed by atoms with Crippen molar-refractivity contribution in [3.05, 3.63) is 82.9 Å². The quantitative estimate of drug-likeness (QED) is 0.167. The summed E-state index contributed by atoms with van der Waals surface area (Å²) >= 11 is 0. The second-order valence-electron chi connectivity index (χ2n) is 9.64. The van der Waals surface area contributed by atoms with Gasteiger partial charge >= 0.3 is 0 Å². The van der Waals surface area contributed by atoms with Crippen LogP contribution >= 0.6 is 0 Å². The van der Waals surface area contributed by atoms with Gasteiger partial charge < -0.3 is 36.1 Å². The highest BCUT2D eigenvalue weighted by atomic mass is 16.5. The van der Waals surface area contributed by atoms with Crippen LogP contribution in [0, 0.1) is 23.7 Å². The summed E-state index contributed by atoms with van der Waals surface area (Å²) in [6, 6.07) is 19.3. The molecule has 3 rings (SSSR count). The van der Waals surface area contributed by atoms with Gasteiger partial charge in [0.05, 0.1) is 26.4 Å². The fourth-order valence-electron chi connectivity index (χ4n) is 3.74. The van der Waals surface area contributed by atoms with Crippen LogP contribution in [0.1, 0.15) is 61.3 Å². The second kappa shape index (κ2) is 19.1. The van der Waals surface area contributed by atoms with Gasteiger partial charge in [0.25, 0.3) is 0 Å². The van der Waals surface area contributed by atoms with Crippen LogP contribution in [0.3, 0.4) is 0 Å². The molecule has 0 spiro atoms. The molecule has 0 saturated carbocycles. The highest BCUT2D eigenvalue weighted by Gasteiger charge is 2.04. The highest BCUT2D eigenvalue weighted by molar-refractivity contribution is 5.53. The van der Waals surface area contributed by atoms with Crippen LogP contribution in [0.4, 0.5) is 0 Å². The summed E-state index contributed by atoms with van der Waals surface area (Å²) in [4.78, 5) is 0. The first-order valence-electron chi connectivity index (χ1n) is 14.7. The summed E-state index contributed by atoms with van der Waals surface area (Å²) in [5, 5.41) is 0. The molecule has 0 atom stereocenters. The van der Waals surface area contributed by atoms with Gasteiger partial charge in [-0.25, -0.2) is 0 Å². The first-order valence-corrected chi connectivity index (χ1v) is 14.7. The number of hydrogen-bond acceptors (Lipinski definition) is 7. The Morgan fingerprint density at radius 2 is 0.833 bits per heavy atom. The molecule has 3 aromatic carbocycles. The molecule has 0 saturated heterocycles. The molecule has 42 heavy (non-hydrogen) atoms. The third-order valence-corrected chi connectivity index (χ3v) is 5.94. The standard InChI is InChI=1S/C35H43N3O4/c1-2-3-17-39-32-22-30(23-33(26-32)40-18-5-14-36)12-10-28-8-4-9-29(21-28)11-13-31-24-34(41-19-6-15-37)27-35(25-31)42-20-7-16-38/h4,8-9,21-27H,2-3,5-7,14-20,36-38H2,1H3. The number of rotatable bonds is 16. The first kappa shape index (κ1) is 32.4. The van der Waals surface area contributed by atoms with Crippen molar-refractivity contribution in [2.24, 2.45) is 17.2 Å². The lowest BCUT2D eigenvalue weighted by Gasteiger charge is -2.10. The van der Waals surface area contributed by atoms with E-state index in [-0.39, 0.29) is 0 Å². The maximum Gasteiger partial charge on any atom is 0.124 e. The molecule has 222 valence electrons. The highest BCUT2D eigenvalue weighted by Crippen LogP contribution is 2.24. The lowest BCUT2D eigenvalue weighted by Crippen LogP contribution is -2.07. The molecule has 3 aromatic rings. The van der Waals surface area contributed by atoms with Gasteiger partial charge in [-0.05, 0) is 87.8 Å². The van der Waals surface area contributed by atoms with Gasteiger partial charge in [0, 0.05) is 34.4 Å². The van der Waals surface area contributed by atoms with Crippen LogP contribution in [-0.2, 0) is 0 Å².